The van der Waals surface area contributed by atoms with Crippen LogP contribution in [-0.4, -0.2) is 42.7 Å². The van der Waals surface area contributed by atoms with Crippen LogP contribution in [0, 0.1) is 5.92 Å². The van der Waals surface area contributed by atoms with Gasteiger partial charge >= 0.3 is 6.18 Å². The minimum absolute atomic E-state index is 0.260. The Morgan fingerprint density at radius 2 is 1.67 bits per heavy atom. The van der Waals surface area contributed by atoms with Crippen molar-refractivity contribution in [1.29, 1.82) is 0 Å². The third-order valence-electron chi connectivity index (χ3n) is 4.61. The predicted octanol–water partition coefficient (Wildman–Crippen LogP) is 3.10. The summed E-state index contributed by atoms with van der Waals surface area (Å²) in [5, 5.41) is 3.13. The molecule has 1 heterocycles. The van der Waals surface area contributed by atoms with Crippen molar-refractivity contribution in [3.63, 3.8) is 0 Å². The Morgan fingerprint density at radius 1 is 1.05 bits per heavy atom. The zero-order valence-corrected chi connectivity index (χ0v) is 12.4. The summed E-state index contributed by atoms with van der Waals surface area (Å²) in [5.41, 5.74) is 0. The molecule has 21 heavy (non-hydrogen) atoms. The minimum Gasteiger partial charge on any atom is -0.331 e. The maximum absolute atomic E-state index is 12.8. The van der Waals surface area contributed by atoms with E-state index < -0.39 is 12.7 Å². The van der Waals surface area contributed by atoms with Crippen LogP contribution in [0.2, 0.25) is 0 Å². The summed E-state index contributed by atoms with van der Waals surface area (Å²) < 4.78 is 38.4. The lowest BCUT2D eigenvalue weighted by Crippen LogP contribution is -2.50. The van der Waals surface area contributed by atoms with Gasteiger partial charge in [-0.2, -0.15) is 13.2 Å². The summed E-state index contributed by atoms with van der Waals surface area (Å²) in [6.07, 6.45) is 2.57. The van der Waals surface area contributed by atoms with E-state index in [1.165, 1.54) is 6.42 Å². The number of nitrogens with one attached hydrogen (secondary N) is 1. The molecule has 0 radical (unpaired) electrons. The lowest BCUT2D eigenvalue weighted by atomic mass is 9.86. The van der Waals surface area contributed by atoms with Crippen LogP contribution in [0.5, 0.6) is 0 Å². The van der Waals surface area contributed by atoms with Gasteiger partial charge in [-0.3, -0.25) is 4.79 Å². The first-order valence-electron chi connectivity index (χ1n) is 8.02. The van der Waals surface area contributed by atoms with Crippen molar-refractivity contribution >= 4 is 5.91 Å². The zero-order valence-electron chi connectivity index (χ0n) is 12.4. The second-order valence-corrected chi connectivity index (χ2v) is 6.33. The highest BCUT2D eigenvalue weighted by Crippen LogP contribution is 2.29. The average molecular weight is 306 g/mol. The minimum atomic E-state index is -4.31. The van der Waals surface area contributed by atoms with Crippen LogP contribution in [-0.2, 0) is 4.79 Å². The summed E-state index contributed by atoms with van der Waals surface area (Å²) in [6.45, 7) is 0.286. The van der Waals surface area contributed by atoms with E-state index in [9.17, 15) is 18.0 Å². The molecule has 122 valence electrons. The van der Waals surface area contributed by atoms with Gasteiger partial charge in [-0.05, 0) is 44.7 Å². The zero-order chi connectivity index (χ0) is 15.3. The maximum atomic E-state index is 12.8. The van der Waals surface area contributed by atoms with Gasteiger partial charge in [0.2, 0.25) is 5.91 Å². The largest absolute Gasteiger partial charge is 0.406 e. The molecule has 0 unspecified atom stereocenters. The third kappa shape index (κ3) is 5.49. The molecule has 0 aromatic heterocycles. The normalized spacial score (nSPS) is 22.2. The van der Waals surface area contributed by atoms with E-state index >= 15 is 0 Å². The molecule has 1 N–H and O–H groups in total. The first kappa shape index (κ1) is 16.6. The standard InChI is InChI=1S/C15H25F3N2O/c16-15(17,18)11-20(13-6-8-19-9-7-13)14(21)10-12-4-2-1-3-5-12/h12-13,19H,1-11H2. The fourth-order valence-corrected chi connectivity index (χ4v) is 3.49. The summed E-state index contributed by atoms with van der Waals surface area (Å²) in [5.74, 6) is -0.0187. The van der Waals surface area contributed by atoms with Crippen molar-refractivity contribution < 1.29 is 18.0 Å². The molecule has 6 heteroatoms. The number of nitrogens with zero attached hydrogens (tertiary/aromatic N) is 1. The molecule has 3 nitrogen and oxygen atoms in total. The lowest BCUT2D eigenvalue weighted by Gasteiger charge is -2.36. The number of rotatable bonds is 4. The van der Waals surface area contributed by atoms with Crippen molar-refractivity contribution in [3.8, 4) is 0 Å². The number of halogens is 3. The van der Waals surface area contributed by atoms with E-state index in [0.29, 0.717) is 32.4 Å². The van der Waals surface area contributed by atoms with E-state index in [0.717, 1.165) is 30.6 Å². The first-order valence-corrected chi connectivity index (χ1v) is 8.02. The van der Waals surface area contributed by atoms with Gasteiger partial charge in [-0.15, -0.1) is 0 Å². The van der Waals surface area contributed by atoms with Gasteiger partial charge in [0.1, 0.15) is 6.54 Å². The van der Waals surface area contributed by atoms with Crippen LogP contribution in [0.1, 0.15) is 51.4 Å². The van der Waals surface area contributed by atoms with Crippen molar-refractivity contribution in [2.45, 2.75) is 63.6 Å². The summed E-state index contributed by atoms with van der Waals surface area (Å²) in [4.78, 5) is 13.5. The second-order valence-electron chi connectivity index (χ2n) is 6.33. The number of piperidine rings is 1. The highest BCUT2D eigenvalue weighted by molar-refractivity contribution is 5.77. The van der Waals surface area contributed by atoms with E-state index in [1.54, 1.807) is 0 Å². The van der Waals surface area contributed by atoms with Gasteiger partial charge in [0.05, 0.1) is 0 Å². The Morgan fingerprint density at radius 3 is 2.24 bits per heavy atom. The predicted molar refractivity (Wildman–Crippen MR) is 74.9 cm³/mol. The van der Waals surface area contributed by atoms with Gasteiger partial charge in [0.25, 0.3) is 0 Å². The molecule has 1 saturated carbocycles. The molecule has 0 spiro atoms. The molecule has 1 saturated heterocycles. The Bertz CT molecular complexity index is 334. The van der Waals surface area contributed by atoms with Crippen LogP contribution in [0.15, 0.2) is 0 Å². The second kappa shape index (κ2) is 7.47. The SMILES string of the molecule is O=C(CC1CCCCC1)N(CC(F)(F)F)C1CCNCC1. The van der Waals surface area contributed by atoms with Gasteiger partial charge in [-0.25, -0.2) is 0 Å². The fraction of sp³-hybridized carbons (Fsp3) is 0.933. The third-order valence-corrected chi connectivity index (χ3v) is 4.61. The van der Waals surface area contributed by atoms with Gasteiger partial charge in [0, 0.05) is 12.5 Å². The van der Waals surface area contributed by atoms with Crippen molar-refractivity contribution in [2.75, 3.05) is 19.6 Å². The topological polar surface area (TPSA) is 32.3 Å². The Balaban J connectivity index is 1.96. The molecule has 2 fully saturated rings. The summed E-state index contributed by atoms with van der Waals surface area (Å²) in [6, 6.07) is -0.260. The Labute approximate surface area is 124 Å². The molecule has 1 aliphatic carbocycles. The van der Waals surface area contributed by atoms with Crippen molar-refractivity contribution in [3.05, 3.63) is 0 Å². The molecule has 0 aromatic rings. The monoisotopic (exact) mass is 306 g/mol. The molecular formula is C15H25F3N2O. The van der Waals surface area contributed by atoms with Gasteiger partial charge < -0.3 is 10.2 Å². The number of hydrogen-bond acceptors (Lipinski definition) is 2. The first-order chi connectivity index (χ1) is 9.96. The van der Waals surface area contributed by atoms with Gasteiger partial charge in [0.15, 0.2) is 0 Å². The van der Waals surface area contributed by atoms with Crippen LogP contribution in [0.3, 0.4) is 0 Å². The fourth-order valence-electron chi connectivity index (χ4n) is 3.49. The van der Waals surface area contributed by atoms with E-state index in [2.05, 4.69) is 5.32 Å². The molecule has 2 aliphatic rings. The number of carbonyl (C=O) groups is 1. The van der Waals surface area contributed by atoms with Crippen LogP contribution >= 0.6 is 0 Å². The molecule has 1 amide bonds. The molecule has 1 aliphatic heterocycles. The summed E-state index contributed by atoms with van der Waals surface area (Å²) >= 11 is 0. The van der Waals surface area contributed by atoms with E-state index in [-0.39, 0.29) is 17.9 Å². The molecule has 0 bridgehead atoms. The van der Waals surface area contributed by atoms with Crippen molar-refractivity contribution in [2.24, 2.45) is 5.92 Å². The molecule has 2 rings (SSSR count). The van der Waals surface area contributed by atoms with E-state index in [1.807, 2.05) is 0 Å². The highest BCUT2D eigenvalue weighted by atomic mass is 19.4. The molecular weight excluding hydrogens is 281 g/mol. The smallest absolute Gasteiger partial charge is 0.331 e. The van der Waals surface area contributed by atoms with Crippen LogP contribution in [0.25, 0.3) is 0 Å². The molecule has 0 aromatic carbocycles. The van der Waals surface area contributed by atoms with E-state index in [4.69, 9.17) is 0 Å². The maximum Gasteiger partial charge on any atom is 0.406 e. The Hall–Kier alpha value is -0.780. The number of carbonyl (C=O) groups excluding carboxylic acids is 1. The lowest BCUT2D eigenvalue weighted by molar-refractivity contribution is -0.167. The number of amides is 1. The molecule has 0 atom stereocenters. The highest BCUT2D eigenvalue weighted by Gasteiger charge is 2.37. The van der Waals surface area contributed by atoms with Crippen LogP contribution < -0.4 is 5.32 Å². The quantitative estimate of drug-likeness (QED) is 0.865. The van der Waals surface area contributed by atoms with Gasteiger partial charge in [-0.1, -0.05) is 19.3 Å². The Kier molecular flexibility index (Phi) is 5.90. The number of alkyl halides is 3. The van der Waals surface area contributed by atoms with Crippen LogP contribution in [0.4, 0.5) is 13.2 Å². The average Bonchev–Trinajstić information content (AvgIpc) is 2.46. The number of hydrogen-bond donors (Lipinski definition) is 1. The summed E-state index contributed by atoms with van der Waals surface area (Å²) in [7, 11) is 0. The van der Waals surface area contributed by atoms with Crippen molar-refractivity contribution in [1.82, 2.24) is 10.2 Å².